The Balaban J connectivity index is 1.90. The largest absolute Gasteiger partial charge is 0.478 e. The number of rotatable bonds is 4. The standard InChI is InChI=1S/C17H28N2O4/c1-15(2,20)11-9-22-13(18-11)17(7-5-6-8-17)14-19-12(10-23-14)16(3,4)21/h11-12,20-21H,5-10H2,1-4H3/t11-,12-/m1/s1. The topological polar surface area (TPSA) is 83.6 Å². The number of hydrogen-bond donors (Lipinski definition) is 2. The minimum Gasteiger partial charge on any atom is -0.478 e. The molecule has 0 bridgehead atoms. The van der Waals surface area contributed by atoms with Crippen molar-refractivity contribution in [1.29, 1.82) is 0 Å². The van der Waals surface area contributed by atoms with E-state index >= 15 is 0 Å². The van der Waals surface area contributed by atoms with Gasteiger partial charge in [0.2, 0.25) is 0 Å². The number of aliphatic imine (C=N–C) groups is 2. The summed E-state index contributed by atoms with van der Waals surface area (Å²) in [6.07, 6.45) is 3.93. The van der Waals surface area contributed by atoms with Crippen LogP contribution in [0.1, 0.15) is 53.4 Å². The molecule has 23 heavy (non-hydrogen) atoms. The Morgan fingerprint density at radius 3 is 1.57 bits per heavy atom. The SMILES string of the molecule is CC(C)(O)[C@H]1COC(C2(C3=N[C@@H](C(C)(C)O)CO3)CCCC2)=N1. The molecule has 0 amide bonds. The van der Waals surface area contributed by atoms with Crippen LogP contribution in [-0.2, 0) is 9.47 Å². The van der Waals surface area contributed by atoms with Crippen molar-refractivity contribution in [2.45, 2.75) is 76.7 Å². The van der Waals surface area contributed by atoms with E-state index in [9.17, 15) is 10.2 Å². The van der Waals surface area contributed by atoms with Crippen LogP contribution in [0.4, 0.5) is 0 Å². The summed E-state index contributed by atoms with van der Waals surface area (Å²) in [4.78, 5) is 9.33. The van der Waals surface area contributed by atoms with Crippen LogP contribution in [0.2, 0.25) is 0 Å². The quantitative estimate of drug-likeness (QED) is 0.824. The predicted molar refractivity (Wildman–Crippen MR) is 87.8 cm³/mol. The third kappa shape index (κ3) is 2.98. The highest BCUT2D eigenvalue weighted by molar-refractivity contribution is 6.06. The van der Waals surface area contributed by atoms with E-state index in [0.717, 1.165) is 25.7 Å². The first-order valence-electron chi connectivity index (χ1n) is 8.50. The minimum absolute atomic E-state index is 0.262. The lowest BCUT2D eigenvalue weighted by atomic mass is 9.85. The molecule has 3 rings (SSSR count). The molecule has 0 aromatic rings. The summed E-state index contributed by atoms with van der Waals surface area (Å²) < 4.78 is 11.8. The molecule has 6 heteroatoms. The number of aliphatic hydroxyl groups is 2. The summed E-state index contributed by atoms with van der Waals surface area (Å²) in [5.74, 6) is 1.30. The monoisotopic (exact) mass is 324 g/mol. The van der Waals surface area contributed by atoms with Gasteiger partial charge in [-0.1, -0.05) is 12.8 Å². The van der Waals surface area contributed by atoms with Gasteiger partial charge in [0, 0.05) is 0 Å². The second-order valence-corrected chi connectivity index (χ2v) is 8.12. The average molecular weight is 324 g/mol. The molecule has 0 radical (unpaired) electrons. The van der Waals surface area contributed by atoms with E-state index in [2.05, 4.69) is 9.98 Å². The molecule has 2 aliphatic heterocycles. The van der Waals surface area contributed by atoms with Crippen LogP contribution in [-0.4, -0.2) is 58.5 Å². The summed E-state index contributed by atoms with van der Waals surface area (Å²) in [6.45, 7) is 7.79. The van der Waals surface area contributed by atoms with Crippen LogP contribution in [0, 0.1) is 5.41 Å². The smallest absolute Gasteiger partial charge is 0.199 e. The van der Waals surface area contributed by atoms with Crippen LogP contribution in [0.15, 0.2) is 9.98 Å². The van der Waals surface area contributed by atoms with Crippen molar-refractivity contribution < 1.29 is 19.7 Å². The lowest BCUT2D eigenvalue weighted by Gasteiger charge is -2.27. The van der Waals surface area contributed by atoms with Crippen molar-refractivity contribution in [1.82, 2.24) is 0 Å². The molecule has 2 N–H and O–H groups in total. The second-order valence-electron chi connectivity index (χ2n) is 8.12. The van der Waals surface area contributed by atoms with Gasteiger partial charge in [-0.3, -0.25) is 0 Å². The Morgan fingerprint density at radius 2 is 1.26 bits per heavy atom. The summed E-state index contributed by atoms with van der Waals surface area (Å²) in [5.41, 5.74) is -2.23. The van der Waals surface area contributed by atoms with Crippen LogP contribution < -0.4 is 0 Å². The van der Waals surface area contributed by atoms with Crippen molar-refractivity contribution in [2.75, 3.05) is 13.2 Å². The first-order chi connectivity index (χ1) is 10.6. The molecule has 1 saturated carbocycles. The molecule has 0 spiro atoms. The summed E-state index contributed by atoms with van der Waals surface area (Å²) in [6, 6.07) is -0.524. The number of nitrogens with zero attached hydrogens (tertiary/aromatic N) is 2. The predicted octanol–water partition coefficient (Wildman–Crippen LogP) is 1.68. The Kier molecular flexibility index (Phi) is 3.96. The maximum Gasteiger partial charge on any atom is 0.199 e. The highest BCUT2D eigenvalue weighted by Gasteiger charge is 2.52. The van der Waals surface area contributed by atoms with Crippen LogP contribution in [0.5, 0.6) is 0 Å². The fraction of sp³-hybridized carbons (Fsp3) is 0.882. The van der Waals surface area contributed by atoms with Gasteiger partial charge in [0.1, 0.15) is 30.7 Å². The van der Waals surface area contributed by atoms with Gasteiger partial charge in [-0.25, -0.2) is 9.98 Å². The van der Waals surface area contributed by atoms with E-state index in [-0.39, 0.29) is 12.1 Å². The van der Waals surface area contributed by atoms with Crippen LogP contribution >= 0.6 is 0 Å². The van der Waals surface area contributed by atoms with Crippen LogP contribution in [0.3, 0.4) is 0 Å². The van der Waals surface area contributed by atoms with Crippen molar-refractivity contribution in [3.05, 3.63) is 0 Å². The van der Waals surface area contributed by atoms with Gasteiger partial charge < -0.3 is 19.7 Å². The van der Waals surface area contributed by atoms with Gasteiger partial charge in [-0.2, -0.15) is 0 Å². The fourth-order valence-electron chi connectivity index (χ4n) is 3.49. The van der Waals surface area contributed by atoms with E-state index in [0.29, 0.717) is 25.0 Å². The van der Waals surface area contributed by atoms with E-state index in [1.165, 1.54) is 0 Å². The van der Waals surface area contributed by atoms with Gasteiger partial charge >= 0.3 is 0 Å². The van der Waals surface area contributed by atoms with Crippen molar-refractivity contribution >= 4 is 11.8 Å². The zero-order valence-electron chi connectivity index (χ0n) is 14.5. The van der Waals surface area contributed by atoms with E-state index in [1.54, 1.807) is 27.7 Å². The first-order valence-corrected chi connectivity index (χ1v) is 8.50. The van der Waals surface area contributed by atoms with Gasteiger partial charge in [0.15, 0.2) is 11.8 Å². The molecule has 6 nitrogen and oxygen atoms in total. The third-order valence-electron chi connectivity index (χ3n) is 5.21. The molecular formula is C17H28N2O4. The lowest BCUT2D eigenvalue weighted by Crippen LogP contribution is -2.37. The lowest BCUT2D eigenvalue weighted by molar-refractivity contribution is 0.0431. The molecule has 3 aliphatic rings. The zero-order chi connectivity index (χ0) is 16.9. The maximum absolute atomic E-state index is 10.2. The summed E-state index contributed by atoms with van der Waals surface area (Å²) in [5, 5.41) is 20.4. The molecule has 2 atom stereocenters. The first kappa shape index (κ1) is 16.7. The zero-order valence-corrected chi connectivity index (χ0v) is 14.5. The third-order valence-corrected chi connectivity index (χ3v) is 5.21. The molecule has 1 fully saturated rings. The van der Waals surface area contributed by atoms with E-state index in [1.807, 2.05) is 0 Å². The molecule has 0 saturated heterocycles. The Bertz CT molecular complexity index is 480. The Morgan fingerprint density at radius 1 is 0.870 bits per heavy atom. The normalized spacial score (nSPS) is 30.7. The van der Waals surface area contributed by atoms with E-state index in [4.69, 9.17) is 9.47 Å². The van der Waals surface area contributed by atoms with Crippen molar-refractivity contribution in [3.8, 4) is 0 Å². The highest BCUT2D eigenvalue weighted by Crippen LogP contribution is 2.45. The molecule has 1 aliphatic carbocycles. The van der Waals surface area contributed by atoms with Gasteiger partial charge in [0.25, 0.3) is 0 Å². The fourth-order valence-corrected chi connectivity index (χ4v) is 3.49. The molecule has 0 aromatic carbocycles. The van der Waals surface area contributed by atoms with Gasteiger partial charge in [0.05, 0.1) is 11.2 Å². The van der Waals surface area contributed by atoms with E-state index < -0.39 is 16.6 Å². The van der Waals surface area contributed by atoms with Gasteiger partial charge in [-0.05, 0) is 40.5 Å². The molecular weight excluding hydrogens is 296 g/mol. The summed E-state index contributed by atoms with van der Waals surface area (Å²) >= 11 is 0. The summed E-state index contributed by atoms with van der Waals surface area (Å²) in [7, 11) is 0. The average Bonchev–Trinajstić information content (AvgIpc) is 3.17. The van der Waals surface area contributed by atoms with Crippen molar-refractivity contribution in [3.63, 3.8) is 0 Å². The molecule has 0 unspecified atom stereocenters. The van der Waals surface area contributed by atoms with Gasteiger partial charge in [-0.15, -0.1) is 0 Å². The van der Waals surface area contributed by atoms with Crippen LogP contribution in [0.25, 0.3) is 0 Å². The second kappa shape index (κ2) is 5.45. The number of hydrogen-bond acceptors (Lipinski definition) is 6. The Hall–Kier alpha value is -1.14. The maximum atomic E-state index is 10.2. The number of ether oxygens (including phenoxy) is 2. The highest BCUT2D eigenvalue weighted by atomic mass is 16.5. The van der Waals surface area contributed by atoms with Crippen molar-refractivity contribution in [2.24, 2.45) is 15.4 Å². The Labute approximate surface area is 137 Å². The molecule has 0 aromatic heterocycles. The molecule has 2 heterocycles. The minimum atomic E-state index is -0.907. The molecule has 130 valence electrons.